The number of imide groups is 1. The number of thioether (sulfide) groups is 1. The summed E-state index contributed by atoms with van der Waals surface area (Å²) in [7, 11) is 0. The molecule has 0 spiro atoms. The molecule has 1 aliphatic rings. The topological polar surface area (TPSA) is 72.5 Å². The third kappa shape index (κ3) is 3.67. The molecule has 23 heavy (non-hydrogen) atoms. The molecular weight excluding hydrogens is 314 g/mol. The van der Waals surface area contributed by atoms with Crippen LogP contribution in [-0.4, -0.2) is 17.1 Å². The van der Waals surface area contributed by atoms with Gasteiger partial charge in [-0.25, -0.2) is 4.79 Å². The number of nitrogens with one attached hydrogen (secondary N) is 1. The average molecular weight is 325 g/mol. The van der Waals surface area contributed by atoms with E-state index in [1.165, 1.54) is 0 Å². The van der Waals surface area contributed by atoms with Crippen LogP contribution in [0.15, 0.2) is 59.5 Å². The Morgan fingerprint density at radius 2 is 1.70 bits per heavy atom. The lowest BCUT2D eigenvalue weighted by molar-refractivity contribution is -0.115. The zero-order valence-corrected chi connectivity index (χ0v) is 12.6. The fourth-order valence-electron chi connectivity index (χ4n) is 1.94. The lowest BCUT2D eigenvalue weighted by Gasteiger charge is -2.04. The van der Waals surface area contributed by atoms with Crippen molar-refractivity contribution in [3.63, 3.8) is 0 Å². The number of benzene rings is 2. The van der Waals surface area contributed by atoms with E-state index in [0.29, 0.717) is 21.8 Å². The fourth-order valence-corrected chi connectivity index (χ4v) is 2.62. The Morgan fingerprint density at radius 3 is 2.30 bits per heavy atom. The van der Waals surface area contributed by atoms with Crippen LogP contribution >= 0.6 is 11.8 Å². The van der Waals surface area contributed by atoms with Crippen molar-refractivity contribution in [3.8, 4) is 5.75 Å². The second-order valence-electron chi connectivity index (χ2n) is 4.68. The summed E-state index contributed by atoms with van der Waals surface area (Å²) in [5, 5.41) is 1.80. The first-order valence-electron chi connectivity index (χ1n) is 6.74. The van der Waals surface area contributed by atoms with Crippen molar-refractivity contribution in [2.24, 2.45) is 0 Å². The Balaban J connectivity index is 1.72. The molecular formula is C17H11NO4S. The van der Waals surface area contributed by atoms with Gasteiger partial charge >= 0.3 is 5.97 Å². The number of carbonyl (C=O) groups excluding carboxylic acids is 3. The van der Waals surface area contributed by atoms with Crippen LogP contribution in [-0.2, 0) is 4.79 Å². The van der Waals surface area contributed by atoms with E-state index in [-0.39, 0.29) is 5.24 Å². The van der Waals surface area contributed by atoms with E-state index in [1.54, 1.807) is 54.6 Å². The van der Waals surface area contributed by atoms with Gasteiger partial charge < -0.3 is 4.74 Å². The van der Waals surface area contributed by atoms with Crippen molar-refractivity contribution < 1.29 is 19.1 Å². The summed E-state index contributed by atoms with van der Waals surface area (Å²) in [6, 6.07) is 15.4. The molecule has 3 rings (SSSR count). The summed E-state index contributed by atoms with van der Waals surface area (Å²) in [6.07, 6.45) is 1.59. The fraction of sp³-hybridized carbons (Fsp3) is 0. The van der Waals surface area contributed by atoms with Crippen molar-refractivity contribution in [1.29, 1.82) is 0 Å². The van der Waals surface area contributed by atoms with E-state index in [1.807, 2.05) is 6.07 Å². The first-order chi connectivity index (χ1) is 11.1. The standard InChI is InChI=1S/C17H11NO4S/c19-15-14(23-17(21)18-15)10-11-6-8-12(9-7-11)16(20)22-13-4-2-1-3-5-13/h1-10H,(H,18,19,21). The molecule has 1 saturated heterocycles. The minimum atomic E-state index is -0.460. The Bertz CT molecular complexity index is 797. The highest BCUT2D eigenvalue weighted by atomic mass is 32.2. The zero-order chi connectivity index (χ0) is 16.2. The maximum Gasteiger partial charge on any atom is 0.343 e. The van der Waals surface area contributed by atoms with Crippen LogP contribution in [0.2, 0.25) is 0 Å². The van der Waals surface area contributed by atoms with Gasteiger partial charge in [-0.15, -0.1) is 0 Å². The first-order valence-corrected chi connectivity index (χ1v) is 7.55. The third-order valence-electron chi connectivity index (χ3n) is 3.04. The molecule has 0 aromatic heterocycles. The minimum absolute atomic E-state index is 0.328. The predicted octanol–water partition coefficient (Wildman–Crippen LogP) is 3.23. The summed E-state index contributed by atoms with van der Waals surface area (Å²) in [5.41, 5.74) is 1.12. The van der Waals surface area contributed by atoms with Gasteiger partial charge in [0.2, 0.25) is 0 Å². The molecule has 5 nitrogen and oxygen atoms in total. The van der Waals surface area contributed by atoms with Crippen molar-refractivity contribution in [1.82, 2.24) is 5.32 Å². The van der Waals surface area contributed by atoms with Crippen LogP contribution in [0.3, 0.4) is 0 Å². The molecule has 0 unspecified atom stereocenters. The molecule has 2 amide bonds. The average Bonchev–Trinajstić information content (AvgIpc) is 2.86. The van der Waals surface area contributed by atoms with Crippen molar-refractivity contribution in [2.45, 2.75) is 0 Å². The second kappa shape index (κ2) is 6.50. The number of rotatable bonds is 3. The van der Waals surface area contributed by atoms with E-state index in [2.05, 4.69) is 5.32 Å². The van der Waals surface area contributed by atoms with Crippen molar-refractivity contribution in [2.75, 3.05) is 0 Å². The number of ether oxygens (including phenoxy) is 1. The van der Waals surface area contributed by atoms with Gasteiger partial charge in [0.15, 0.2) is 0 Å². The van der Waals surface area contributed by atoms with Gasteiger partial charge in [-0.2, -0.15) is 0 Å². The van der Waals surface area contributed by atoms with Crippen LogP contribution in [0, 0.1) is 0 Å². The number of hydrogen-bond acceptors (Lipinski definition) is 5. The van der Waals surface area contributed by atoms with E-state index in [0.717, 1.165) is 11.8 Å². The molecule has 2 aromatic rings. The van der Waals surface area contributed by atoms with E-state index < -0.39 is 11.9 Å². The van der Waals surface area contributed by atoms with Crippen LogP contribution in [0.1, 0.15) is 15.9 Å². The smallest absolute Gasteiger partial charge is 0.343 e. The van der Waals surface area contributed by atoms with Gasteiger partial charge in [0, 0.05) is 0 Å². The molecule has 1 fully saturated rings. The Kier molecular flexibility index (Phi) is 4.25. The molecule has 0 atom stereocenters. The summed E-state index contributed by atoms with van der Waals surface area (Å²) in [6.45, 7) is 0. The highest BCUT2D eigenvalue weighted by Crippen LogP contribution is 2.25. The van der Waals surface area contributed by atoms with E-state index >= 15 is 0 Å². The van der Waals surface area contributed by atoms with Crippen LogP contribution in [0.25, 0.3) is 6.08 Å². The SMILES string of the molecule is O=C1NC(=O)C(=Cc2ccc(C(=O)Oc3ccccc3)cc2)S1. The van der Waals surface area contributed by atoms with Gasteiger partial charge in [0.25, 0.3) is 11.1 Å². The van der Waals surface area contributed by atoms with Gasteiger partial charge in [0.1, 0.15) is 5.75 Å². The zero-order valence-electron chi connectivity index (χ0n) is 11.8. The summed E-state index contributed by atoms with van der Waals surface area (Å²) in [4.78, 5) is 34.9. The predicted molar refractivity (Wildman–Crippen MR) is 86.9 cm³/mol. The highest BCUT2D eigenvalue weighted by Gasteiger charge is 2.24. The quantitative estimate of drug-likeness (QED) is 0.533. The van der Waals surface area contributed by atoms with Crippen molar-refractivity contribution >= 4 is 35.0 Å². The number of carbonyl (C=O) groups is 3. The lowest BCUT2D eigenvalue weighted by atomic mass is 10.1. The van der Waals surface area contributed by atoms with Crippen molar-refractivity contribution in [3.05, 3.63) is 70.6 Å². The molecule has 0 saturated carbocycles. The molecule has 0 radical (unpaired) electrons. The first kappa shape index (κ1) is 15.1. The minimum Gasteiger partial charge on any atom is -0.423 e. The van der Waals surface area contributed by atoms with Gasteiger partial charge in [-0.1, -0.05) is 30.3 Å². The maximum atomic E-state index is 12.0. The largest absolute Gasteiger partial charge is 0.423 e. The monoisotopic (exact) mass is 325 g/mol. The highest BCUT2D eigenvalue weighted by molar-refractivity contribution is 8.18. The third-order valence-corrected chi connectivity index (χ3v) is 3.85. The summed E-state index contributed by atoms with van der Waals surface area (Å²) < 4.78 is 5.24. The summed E-state index contributed by atoms with van der Waals surface area (Å²) in [5.74, 6) is -0.396. The maximum absolute atomic E-state index is 12.0. The van der Waals surface area contributed by atoms with Gasteiger partial charge in [-0.05, 0) is 47.7 Å². The van der Waals surface area contributed by atoms with Crippen LogP contribution in [0.5, 0.6) is 5.75 Å². The Labute approximate surface area is 136 Å². The Morgan fingerprint density at radius 1 is 1.00 bits per heavy atom. The molecule has 2 aromatic carbocycles. The molecule has 1 aliphatic heterocycles. The second-order valence-corrected chi connectivity index (χ2v) is 5.69. The lowest BCUT2D eigenvalue weighted by Crippen LogP contribution is -2.17. The number of hydrogen-bond donors (Lipinski definition) is 1. The molecule has 1 heterocycles. The number of para-hydroxylation sites is 1. The molecule has 114 valence electrons. The molecule has 6 heteroatoms. The molecule has 1 N–H and O–H groups in total. The summed E-state index contributed by atoms with van der Waals surface area (Å²) >= 11 is 0.851. The molecule has 0 aliphatic carbocycles. The number of esters is 1. The van der Waals surface area contributed by atoms with Gasteiger partial charge in [-0.3, -0.25) is 14.9 Å². The number of amides is 2. The van der Waals surface area contributed by atoms with E-state index in [9.17, 15) is 14.4 Å². The molecule has 0 bridgehead atoms. The van der Waals surface area contributed by atoms with Crippen LogP contribution in [0.4, 0.5) is 4.79 Å². The van der Waals surface area contributed by atoms with Crippen LogP contribution < -0.4 is 10.1 Å². The van der Waals surface area contributed by atoms with E-state index in [4.69, 9.17) is 4.74 Å². The Hall–Kier alpha value is -2.86. The normalized spacial score (nSPS) is 15.6. The van der Waals surface area contributed by atoms with Gasteiger partial charge in [0.05, 0.1) is 10.5 Å².